The second-order valence-electron chi connectivity index (χ2n) is 9.04. The monoisotopic (exact) mass is 421 g/mol. The smallest absolute Gasteiger partial charge is 0.230 e. The van der Waals surface area contributed by atoms with Crippen molar-refractivity contribution < 1.29 is 9.59 Å². The van der Waals surface area contributed by atoms with Crippen LogP contribution in [0, 0.1) is 5.92 Å². The van der Waals surface area contributed by atoms with Gasteiger partial charge in [0.1, 0.15) is 0 Å². The van der Waals surface area contributed by atoms with Gasteiger partial charge in [-0.05, 0) is 33.6 Å². The van der Waals surface area contributed by atoms with Crippen LogP contribution in [0.2, 0.25) is 0 Å². The van der Waals surface area contributed by atoms with E-state index in [1.54, 1.807) is 6.20 Å². The molecule has 7 nitrogen and oxygen atoms in total. The van der Waals surface area contributed by atoms with Gasteiger partial charge in [-0.1, -0.05) is 24.6 Å². The van der Waals surface area contributed by atoms with Crippen molar-refractivity contribution in [3.05, 3.63) is 12.4 Å². The van der Waals surface area contributed by atoms with Crippen LogP contribution in [0.25, 0.3) is 0 Å². The van der Waals surface area contributed by atoms with Crippen molar-refractivity contribution in [3.8, 4) is 0 Å². The van der Waals surface area contributed by atoms with E-state index in [1.807, 2.05) is 11.1 Å². The van der Waals surface area contributed by atoms with Crippen molar-refractivity contribution in [2.75, 3.05) is 45.0 Å². The number of imidazole rings is 1. The third-order valence-electron chi connectivity index (χ3n) is 5.80. The molecule has 0 unspecified atom stereocenters. The molecule has 1 saturated heterocycles. The van der Waals surface area contributed by atoms with Crippen molar-refractivity contribution in [2.24, 2.45) is 5.92 Å². The highest BCUT2D eigenvalue weighted by molar-refractivity contribution is 7.99. The number of nitrogens with zero attached hydrogens (tertiary/aromatic N) is 4. The largest absolute Gasteiger partial charge is 0.354 e. The number of thioether (sulfide) groups is 1. The number of amides is 2. The predicted octanol–water partition coefficient (Wildman–Crippen LogP) is 2.18. The summed E-state index contributed by atoms with van der Waals surface area (Å²) < 4.78 is 2.09. The minimum atomic E-state index is -0.0450. The van der Waals surface area contributed by atoms with E-state index in [0.29, 0.717) is 18.2 Å². The van der Waals surface area contributed by atoms with E-state index in [-0.39, 0.29) is 17.4 Å². The molecule has 1 aromatic rings. The van der Waals surface area contributed by atoms with Gasteiger partial charge in [0.2, 0.25) is 11.8 Å². The molecule has 0 atom stereocenters. The average molecular weight is 422 g/mol. The Hall–Kier alpha value is -1.54. The van der Waals surface area contributed by atoms with Crippen LogP contribution in [-0.2, 0) is 15.1 Å². The number of carbonyl (C=O) groups is 2. The van der Waals surface area contributed by atoms with Crippen LogP contribution >= 0.6 is 11.8 Å². The summed E-state index contributed by atoms with van der Waals surface area (Å²) in [5.74, 6) is 1.04. The number of hydrogen-bond donors (Lipinski definition) is 1. The molecule has 2 fully saturated rings. The molecule has 1 aromatic heterocycles. The third-order valence-corrected chi connectivity index (χ3v) is 6.77. The zero-order chi connectivity index (χ0) is 20.9. The van der Waals surface area contributed by atoms with E-state index in [4.69, 9.17) is 0 Å². The average Bonchev–Trinajstić information content (AvgIpc) is 3.38. The molecule has 1 N–H and O–H groups in total. The Balaban J connectivity index is 1.31. The highest BCUT2D eigenvalue weighted by atomic mass is 32.2. The summed E-state index contributed by atoms with van der Waals surface area (Å²) >= 11 is 1.47. The van der Waals surface area contributed by atoms with E-state index < -0.39 is 0 Å². The van der Waals surface area contributed by atoms with Crippen LogP contribution in [0.5, 0.6) is 0 Å². The first-order valence-corrected chi connectivity index (χ1v) is 11.8. The summed E-state index contributed by atoms with van der Waals surface area (Å²) in [6.07, 6.45) is 8.27. The fourth-order valence-corrected chi connectivity index (χ4v) is 5.04. The van der Waals surface area contributed by atoms with Crippen molar-refractivity contribution >= 4 is 23.6 Å². The van der Waals surface area contributed by atoms with Gasteiger partial charge in [0.25, 0.3) is 0 Å². The molecule has 8 heteroatoms. The van der Waals surface area contributed by atoms with Gasteiger partial charge < -0.3 is 14.8 Å². The lowest BCUT2D eigenvalue weighted by atomic mass is 10.1. The molecule has 0 radical (unpaired) electrons. The first kappa shape index (κ1) is 22.2. The third kappa shape index (κ3) is 6.22. The molecule has 162 valence electrons. The number of piperazine rings is 1. The standard InChI is InChI=1S/C21H35N5O2S/c1-21(2,3)26-11-9-23-20(26)29-16-18(27)22-8-10-24-12-14-25(15-13-24)19(28)17-6-4-5-7-17/h9,11,17H,4-8,10,12-16H2,1-3H3,(H,22,27). The maximum Gasteiger partial charge on any atom is 0.230 e. The second-order valence-corrected chi connectivity index (χ2v) is 9.98. The van der Waals surface area contributed by atoms with Crippen molar-refractivity contribution in [1.82, 2.24) is 24.7 Å². The van der Waals surface area contributed by atoms with Crippen LogP contribution in [0.3, 0.4) is 0 Å². The molecular formula is C21H35N5O2S. The molecule has 0 aromatic carbocycles. The van der Waals surface area contributed by atoms with E-state index >= 15 is 0 Å². The fraction of sp³-hybridized carbons (Fsp3) is 0.762. The van der Waals surface area contributed by atoms with Crippen LogP contribution in [-0.4, -0.2) is 76.2 Å². The van der Waals surface area contributed by atoms with Crippen molar-refractivity contribution in [3.63, 3.8) is 0 Å². The van der Waals surface area contributed by atoms with Crippen molar-refractivity contribution in [1.29, 1.82) is 0 Å². The lowest BCUT2D eigenvalue weighted by molar-refractivity contribution is -0.137. The summed E-state index contributed by atoms with van der Waals surface area (Å²) in [6, 6.07) is 0. The molecule has 1 saturated carbocycles. The van der Waals surface area contributed by atoms with E-state index in [2.05, 4.69) is 40.5 Å². The zero-order valence-corrected chi connectivity index (χ0v) is 18.8. The summed E-state index contributed by atoms with van der Waals surface area (Å²) in [5, 5.41) is 3.88. The zero-order valence-electron chi connectivity index (χ0n) is 18.0. The summed E-state index contributed by atoms with van der Waals surface area (Å²) in [6.45, 7) is 11.3. The summed E-state index contributed by atoms with van der Waals surface area (Å²) in [4.78, 5) is 33.4. The maximum atomic E-state index is 12.5. The quantitative estimate of drug-likeness (QED) is 0.684. The van der Waals surface area contributed by atoms with Gasteiger partial charge in [-0.3, -0.25) is 14.5 Å². The number of carbonyl (C=O) groups excluding carboxylic acids is 2. The van der Waals surface area contributed by atoms with E-state index in [1.165, 1.54) is 24.6 Å². The minimum Gasteiger partial charge on any atom is -0.354 e. The van der Waals surface area contributed by atoms with Crippen LogP contribution < -0.4 is 5.32 Å². The number of nitrogens with one attached hydrogen (secondary N) is 1. The molecular weight excluding hydrogens is 386 g/mol. The lowest BCUT2D eigenvalue weighted by Gasteiger charge is -2.36. The molecule has 29 heavy (non-hydrogen) atoms. The van der Waals surface area contributed by atoms with Gasteiger partial charge in [-0.25, -0.2) is 4.98 Å². The SMILES string of the molecule is CC(C)(C)n1ccnc1SCC(=O)NCCN1CCN(C(=O)C2CCCC2)CC1. The van der Waals surface area contributed by atoms with Crippen LogP contribution in [0.4, 0.5) is 0 Å². The molecule has 1 aliphatic carbocycles. The molecule has 2 amide bonds. The van der Waals surface area contributed by atoms with E-state index in [9.17, 15) is 9.59 Å². The number of rotatable bonds is 7. The Morgan fingerprint density at radius 3 is 2.52 bits per heavy atom. The van der Waals surface area contributed by atoms with Gasteiger partial charge in [0.05, 0.1) is 5.75 Å². The molecule has 0 bridgehead atoms. The van der Waals surface area contributed by atoms with Crippen LogP contribution in [0.15, 0.2) is 17.6 Å². The van der Waals surface area contributed by atoms with Gasteiger partial charge in [-0.15, -0.1) is 0 Å². The highest BCUT2D eigenvalue weighted by Crippen LogP contribution is 2.27. The Morgan fingerprint density at radius 1 is 1.17 bits per heavy atom. The van der Waals surface area contributed by atoms with Crippen LogP contribution in [0.1, 0.15) is 46.5 Å². The first-order chi connectivity index (χ1) is 13.8. The molecule has 2 heterocycles. The predicted molar refractivity (Wildman–Crippen MR) is 116 cm³/mol. The van der Waals surface area contributed by atoms with Gasteiger partial charge in [-0.2, -0.15) is 0 Å². The van der Waals surface area contributed by atoms with Gasteiger partial charge >= 0.3 is 0 Å². The number of hydrogen-bond acceptors (Lipinski definition) is 5. The van der Waals surface area contributed by atoms with Crippen molar-refractivity contribution in [2.45, 2.75) is 57.1 Å². The van der Waals surface area contributed by atoms with E-state index in [0.717, 1.165) is 50.7 Å². The Morgan fingerprint density at radius 2 is 1.86 bits per heavy atom. The Labute approximate surface area is 178 Å². The maximum absolute atomic E-state index is 12.5. The molecule has 1 aliphatic heterocycles. The highest BCUT2D eigenvalue weighted by Gasteiger charge is 2.29. The Bertz CT molecular complexity index is 685. The molecule has 3 rings (SSSR count). The van der Waals surface area contributed by atoms with Gasteiger partial charge in [0, 0.05) is 63.1 Å². The second kappa shape index (κ2) is 9.98. The summed E-state index contributed by atoms with van der Waals surface area (Å²) in [5.41, 5.74) is -0.0450. The lowest BCUT2D eigenvalue weighted by Crippen LogP contribution is -2.51. The minimum absolute atomic E-state index is 0.0357. The van der Waals surface area contributed by atoms with Gasteiger partial charge in [0.15, 0.2) is 5.16 Å². The number of aromatic nitrogens is 2. The Kier molecular flexibility index (Phi) is 7.62. The molecule has 0 spiro atoms. The molecule has 2 aliphatic rings. The normalized spacial score (nSPS) is 18.9. The summed E-state index contributed by atoms with van der Waals surface area (Å²) in [7, 11) is 0. The topological polar surface area (TPSA) is 70.5 Å². The first-order valence-electron chi connectivity index (χ1n) is 10.8. The fourth-order valence-electron chi connectivity index (χ4n) is 4.06.